The van der Waals surface area contributed by atoms with Crippen LogP contribution in [0.15, 0.2) is 4.99 Å². The molecule has 1 N–H and O–H groups in total. The van der Waals surface area contributed by atoms with Crippen molar-refractivity contribution in [1.82, 2.24) is 10.2 Å². The van der Waals surface area contributed by atoms with E-state index in [1.165, 1.54) is 0 Å². The van der Waals surface area contributed by atoms with Gasteiger partial charge in [0.1, 0.15) is 11.4 Å². The summed E-state index contributed by atoms with van der Waals surface area (Å²) in [5.74, 6) is 0.881. The number of aliphatic imine (C=N–C) groups is 1. The van der Waals surface area contributed by atoms with Gasteiger partial charge in [0.05, 0.1) is 13.1 Å². The molecule has 0 radical (unpaired) electrons. The Labute approximate surface area is 122 Å². The third-order valence-electron chi connectivity index (χ3n) is 2.87. The average molecular weight is 283 g/mol. The highest BCUT2D eigenvalue weighted by Gasteiger charge is 2.25. The largest absolute Gasteiger partial charge is 0.444 e. The summed E-state index contributed by atoms with van der Waals surface area (Å²) >= 11 is 0. The summed E-state index contributed by atoms with van der Waals surface area (Å²) in [4.78, 5) is 18.2. The van der Waals surface area contributed by atoms with Crippen LogP contribution in [0.25, 0.3) is 0 Å². The summed E-state index contributed by atoms with van der Waals surface area (Å²) in [5, 5.41) is 3.33. The molecule has 1 aliphatic heterocycles. The summed E-state index contributed by atoms with van der Waals surface area (Å²) in [6, 6.07) is 0. The average Bonchev–Trinajstić information content (AvgIpc) is 2.25. The van der Waals surface area contributed by atoms with Gasteiger partial charge in [0, 0.05) is 13.1 Å². The van der Waals surface area contributed by atoms with E-state index in [1.807, 2.05) is 20.8 Å². The predicted molar refractivity (Wildman–Crippen MR) is 82.2 cm³/mol. The molecule has 0 atom stereocenters. The summed E-state index contributed by atoms with van der Waals surface area (Å²) in [5.41, 5.74) is -0.154. The van der Waals surface area contributed by atoms with Crippen LogP contribution in [0.5, 0.6) is 0 Å². The Hall–Kier alpha value is -1.26. The first-order valence-electron chi connectivity index (χ1n) is 7.32. The number of nitrogens with zero attached hydrogens (tertiary/aromatic N) is 2. The molecule has 5 heteroatoms. The summed E-state index contributed by atoms with van der Waals surface area (Å²) in [6.45, 7) is 14.9. The van der Waals surface area contributed by atoms with Crippen LogP contribution in [0.4, 0.5) is 4.79 Å². The van der Waals surface area contributed by atoms with Gasteiger partial charge < -0.3 is 10.1 Å². The van der Waals surface area contributed by atoms with Crippen LogP contribution >= 0.6 is 0 Å². The zero-order valence-electron chi connectivity index (χ0n) is 13.7. The van der Waals surface area contributed by atoms with Crippen LogP contribution in [0, 0.1) is 5.41 Å². The molecule has 0 aromatic rings. The SMILES string of the molecule is CC(C)(C)CCNC1=NCCN(C(=O)OC(C)(C)C)C1. The van der Waals surface area contributed by atoms with E-state index < -0.39 is 5.60 Å². The van der Waals surface area contributed by atoms with Gasteiger partial charge in [-0.3, -0.25) is 9.89 Å². The molecule has 0 saturated carbocycles. The van der Waals surface area contributed by atoms with Gasteiger partial charge in [-0.2, -0.15) is 0 Å². The first kappa shape index (κ1) is 16.8. The maximum atomic E-state index is 12.0. The van der Waals surface area contributed by atoms with Gasteiger partial charge in [-0.15, -0.1) is 0 Å². The zero-order valence-corrected chi connectivity index (χ0v) is 13.7. The standard InChI is InChI=1S/C15H29N3O2/c1-14(2,3)7-8-16-12-11-18(10-9-17-12)13(19)20-15(4,5)6/h7-11H2,1-6H3,(H,16,17). The van der Waals surface area contributed by atoms with Crippen molar-refractivity contribution in [2.75, 3.05) is 26.2 Å². The second kappa shape index (κ2) is 6.46. The molecule has 1 rings (SSSR count). The van der Waals surface area contributed by atoms with E-state index in [4.69, 9.17) is 4.74 Å². The Morgan fingerprint density at radius 2 is 1.95 bits per heavy atom. The number of ether oxygens (including phenoxy) is 1. The number of amides is 1. The number of hydrogen-bond donors (Lipinski definition) is 1. The molecular formula is C15H29N3O2. The lowest BCUT2D eigenvalue weighted by Crippen LogP contribution is -2.47. The van der Waals surface area contributed by atoms with Crippen molar-refractivity contribution < 1.29 is 9.53 Å². The van der Waals surface area contributed by atoms with E-state index in [0.29, 0.717) is 25.0 Å². The van der Waals surface area contributed by atoms with Crippen LogP contribution in [0.1, 0.15) is 48.0 Å². The Morgan fingerprint density at radius 1 is 1.30 bits per heavy atom. The quantitative estimate of drug-likeness (QED) is 0.847. The molecule has 0 saturated heterocycles. The van der Waals surface area contributed by atoms with Crippen molar-refractivity contribution in [3.05, 3.63) is 0 Å². The van der Waals surface area contributed by atoms with E-state index in [9.17, 15) is 4.79 Å². The molecular weight excluding hydrogens is 254 g/mol. The van der Waals surface area contributed by atoms with E-state index in [1.54, 1.807) is 4.90 Å². The lowest BCUT2D eigenvalue weighted by molar-refractivity contribution is 0.0276. The van der Waals surface area contributed by atoms with Crippen LogP contribution in [-0.4, -0.2) is 48.6 Å². The maximum absolute atomic E-state index is 12.0. The van der Waals surface area contributed by atoms with Gasteiger partial charge in [-0.25, -0.2) is 4.79 Å². The van der Waals surface area contributed by atoms with Crippen molar-refractivity contribution >= 4 is 11.9 Å². The smallest absolute Gasteiger partial charge is 0.410 e. The van der Waals surface area contributed by atoms with Crippen LogP contribution in [0.3, 0.4) is 0 Å². The van der Waals surface area contributed by atoms with Gasteiger partial charge in [0.25, 0.3) is 0 Å². The van der Waals surface area contributed by atoms with Crippen molar-refractivity contribution in [1.29, 1.82) is 0 Å². The Balaban J connectivity index is 2.42. The molecule has 20 heavy (non-hydrogen) atoms. The third-order valence-corrected chi connectivity index (χ3v) is 2.87. The van der Waals surface area contributed by atoms with Gasteiger partial charge in [0.2, 0.25) is 0 Å². The van der Waals surface area contributed by atoms with Crippen LogP contribution in [-0.2, 0) is 4.74 Å². The summed E-state index contributed by atoms with van der Waals surface area (Å²) < 4.78 is 5.39. The molecule has 0 bridgehead atoms. The fourth-order valence-corrected chi connectivity index (χ4v) is 1.79. The van der Waals surface area contributed by atoms with E-state index >= 15 is 0 Å². The van der Waals surface area contributed by atoms with Crippen molar-refractivity contribution in [3.63, 3.8) is 0 Å². The first-order chi connectivity index (χ1) is 9.07. The molecule has 0 fully saturated rings. The highest BCUT2D eigenvalue weighted by molar-refractivity contribution is 5.87. The third kappa shape index (κ3) is 6.78. The Bertz CT molecular complexity index is 364. The number of amidine groups is 1. The van der Waals surface area contributed by atoms with Crippen LogP contribution < -0.4 is 5.32 Å². The topological polar surface area (TPSA) is 53.9 Å². The van der Waals surface area contributed by atoms with Gasteiger partial charge in [0.15, 0.2) is 0 Å². The summed E-state index contributed by atoms with van der Waals surface area (Å²) in [7, 11) is 0. The van der Waals surface area contributed by atoms with Crippen molar-refractivity contribution in [2.24, 2.45) is 10.4 Å². The molecule has 0 aromatic heterocycles. The lowest BCUT2D eigenvalue weighted by atomic mass is 9.92. The molecule has 1 aliphatic rings. The first-order valence-corrected chi connectivity index (χ1v) is 7.32. The number of rotatable bonds is 2. The highest BCUT2D eigenvalue weighted by atomic mass is 16.6. The predicted octanol–water partition coefficient (Wildman–Crippen LogP) is 2.66. The minimum atomic E-state index is -0.453. The molecule has 0 aromatic carbocycles. The fraction of sp³-hybridized carbons (Fsp3) is 0.867. The highest BCUT2D eigenvalue weighted by Crippen LogP contribution is 2.17. The van der Waals surface area contributed by atoms with Gasteiger partial charge >= 0.3 is 6.09 Å². The molecule has 5 nitrogen and oxygen atoms in total. The van der Waals surface area contributed by atoms with Crippen LogP contribution in [0.2, 0.25) is 0 Å². The normalized spacial score (nSPS) is 16.7. The van der Waals surface area contributed by atoms with E-state index in [-0.39, 0.29) is 6.09 Å². The second-order valence-electron chi connectivity index (χ2n) is 7.47. The molecule has 1 amide bonds. The fourth-order valence-electron chi connectivity index (χ4n) is 1.79. The number of nitrogens with one attached hydrogen (secondary N) is 1. The number of hydrogen-bond acceptors (Lipinski definition) is 4. The number of carbonyl (C=O) groups excluding carboxylic acids is 1. The monoisotopic (exact) mass is 283 g/mol. The number of carbonyl (C=O) groups is 1. The summed E-state index contributed by atoms with van der Waals surface area (Å²) in [6.07, 6.45) is 0.806. The molecule has 0 unspecified atom stereocenters. The minimum absolute atomic E-state index is 0.262. The molecule has 116 valence electrons. The van der Waals surface area contributed by atoms with Gasteiger partial charge in [-0.05, 0) is 32.6 Å². The minimum Gasteiger partial charge on any atom is -0.444 e. The lowest BCUT2D eigenvalue weighted by Gasteiger charge is -2.30. The van der Waals surface area contributed by atoms with Crippen molar-refractivity contribution in [3.8, 4) is 0 Å². The van der Waals surface area contributed by atoms with E-state index in [0.717, 1.165) is 18.8 Å². The van der Waals surface area contributed by atoms with Gasteiger partial charge in [-0.1, -0.05) is 20.8 Å². The maximum Gasteiger partial charge on any atom is 0.410 e. The molecule has 0 spiro atoms. The second-order valence-corrected chi connectivity index (χ2v) is 7.47. The molecule has 1 heterocycles. The Morgan fingerprint density at radius 3 is 2.50 bits per heavy atom. The molecule has 0 aliphatic carbocycles. The zero-order chi connectivity index (χ0) is 15.4. The van der Waals surface area contributed by atoms with E-state index in [2.05, 4.69) is 31.1 Å². The Kier molecular flexibility index (Phi) is 5.42. The van der Waals surface area contributed by atoms with Crippen molar-refractivity contribution in [2.45, 2.75) is 53.6 Å².